The van der Waals surface area contributed by atoms with Crippen molar-refractivity contribution in [1.29, 1.82) is 0 Å². The number of amides is 2. The predicted octanol–water partition coefficient (Wildman–Crippen LogP) is 4.86. The van der Waals surface area contributed by atoms with Gasteiger partial charge >= 0.3 is 5.97 Å². The lowest BCUT2D eigenvalue weighted by molar-refractivity contribution is -0.129. The number of nitrogens with zero attached hydrogens (tertiary/aromatic N) is 1. The van der Waals surface area contributed by atoms with E-state index >= 15 is 0 Å². The molecule has 2 atom stereocenters. The summed E-state index contributed by atoms with van der Waals surface area (Å²) in [6.45, 7) is 5.00. The van der Waals surface area contributed by atoms with E-state index in [1.807, 2.05) is 24.3 Å². The highest BCUT2D eigenvalue weighted by molar-refractivity contribution is 6.23. The molecule has 2 amide bonds. The molecule has 1 saturated heterocycles. The number of esters is 1. The molecule has 2 unspecified atom stereocenters. The first kappa shape index (κ1) is 23.3. The Hall–Kier alpha value is -4.06. The van der Waals surface area contributed by atoms with Gasteiger partial charge in [0.05, 0.1) is 23.1 Å². The van der Waals surface area contributed by atoms with Crippen molar-refractivity contribution in [1.82, 2.24) is 0 Å². The minimum absolute atomic E-state index is 0.168. The lowest BCUT2D eigenvalue weighted by Gasteiger charge is -2.45. The predicted molar refractivity (Wildman–Crippen MR) is 137 cm³/mol. The Morgan fingerprint density at radius 3 is 1.57 bits per heavy atom. The standard InChI is InChI=1S/C31H27NO5/c1-31(2,3)23(33)16-37-30(36)17-12-14-18(15-13-17)32-28(34)26-24-19-8-4-5-9-20(19)25(27(26)29(32)35)22-11-7-6-10-21(22)24/h4-15,24-27H,16H2,1-3H3. The summed E-state index contributed by atoms with van der Waals surface area (Å²) in [5, 5.41) is 0. The molecule has 2 bridgehead atoms. The second-order valence-electron chi connectivity index (χ2n) is 11.1. The lowest BCUT2D eigenvalue weighted by Crippen LogP contribution is -2.41. The maximum Gasteiger partial charge on any atom is 0.338 e. The van der Waals surface area contributed by atoms with Crippen LogP contribution in [0.5, 0.6) is 0 Å². The molecule has 186 valence electrons. The number of ether oxygens (including phenoxy) is 1. The van der Waals surface area contributed by atoms with E-state index < -0.39 is 23.2 Å². The summed E-state index contributed by atoms with van der Waals surface area (Å²) in [4.78, 5) is 53.5. The van der Waals surface area contributed by atoms with Gasteiger partial charge in [-0.15, -0.1) is 0 Å². The van der Waals surface area contributed by atoms with Crippen molar-refractivity contribution in [2.24, 2.45) is 17.3 Å². The quantitative estimate of drug-likeness (QED) is 0.383. The molecule has 3 aliphatic carbocycles. The van der Waals surface area contributed by atoms with Gasteiger partial charge in [0.15, 0.2) is 12.4 Å². The van der Waals surface area contributed by atoms with Gasteiger partial charge in [-0.3, -0.25) is 14.4 Å². The summed E-state index contributed by atoms with van der Waals surface area (Å²) in [6.07, 6.45) is 0. The Morgan fingerprint density at radius 1 is 0.730 bits per heavy atom. The number of anilines is 1. The van der Waals surface area contributed by atoms with E-state index in [4.69, 9.17) is 4.74 Å². The summed E-state index contributed by atoms with van der Waals surface area (Å²) >= 11 is 0. The normalized spacial score (nSPS) is 23.4. The fraction of sp³-hybridized carbons (Fsp3) is 0.290. The summed E-state index contributed by atoms with van der Waals surface area (Å²) < 4.78 is 5.17. The van der Waals surface area contributed by atoms with Crippen LogP contribution in [-0.4, -0.2) is 30.2 Å². The van der Waals surface area contributed by atoms with E-state index in [-0.39, 0.29) is 41.6 Å². The van der Waals surface area contributed by atoms with E-state index in [1.165, 1.54) is 17.0 Å². The number of imide groups is 1. The van der Waals surface area contributed by atoms with Crippen molar-refractivity contribution >= 4 is 29.3 Å². The summed E-state index contributed by atoms with van der Waals surface area (Å²) in [5.41, 5.74) is 4.57. The average Bonchev–Trinajstić information content (AvgIpc) is 3.17. The monoisotopic (exact) mass is 493 g/mol. The molecule has 4 aliphatic rings. The van der Waals surface area contributed by atoms with Gasteiger partial charge in [-0.05, 0) is 46.5 Å². The van der Waals surface area contributed by atoms with Crippen LogP contribution in [-0.2, 0) is 19.1 Å². The number of Topliss-reactive ketones (excluding diaryl/α,β-unsaturated/α-hetero) is 1. The second-order valence-corrected chi connectivity index (χ2v) is 11.1. The first-order chi connectivity index (χ1) is 17.7. The van der Waals surface area contributed by atoms with E-state index in [0.717, 1.165) is 22.3 Å². The zero-order chi connectivity index (χ0) is 26.1. The van der Waals surface area contributed by atoms with Crippen LogP contribution in [0.1, 0.15) is 65.2 Å². The van der Waals surface area contributed by atoms with E-state index in [0.29, 0.717) is 5.69 Å². The van der Waals surface area contributed by atoms with Crippen LogP contribution in [0.3, 0.4) is 0 Å². The molecule has 0 spiro atoms. The third kappa shape index (κ3) is 3.46. The van der Waals surface area contributed by atoms with Crippen molar-refractivity contribution < 1.29 is 23.9 Å². The minimum Gasteiger partial charge on any atom is -0.454 e. The maximum absolute atomic E-state index is 13.8. The Kier molecular flexibility index (Phi) is 5.19. The topological polar surface area (TPSA) is 80.8 Å². The summed E-state index contributed by atoms with van der Waals surface area (Å²) in [6, 6.07) is 22.5. The van der Waals surface area contributed by atoms with Gasteiger partial charge in [0.1, 0.15) is 0 Å². The molecule has 6 heteroatoms. The van der Waals surface area contributed by atoms with Gasteiger partial charge in [0.25, 0.3) is 0 Å². The number of carbonyl (C=O) groups excluding carboxylic acids is 4. The van der Waals surface area contributed by atoms with E-state index in [1.54, 1.807) is 32.9 Å². The highest BCUT2D eigenvalue weighted by Crippen LogP contribution is 2.61. The van der Waals surface area contributed by atoms with Crippen LogP contribution in [0.15, 0.2) is 72.8 Å². The number of ketones is 1. The highest BCUT2D eigenvalue weighted by atomic mass is 16.5. The highest BCUT2D eigenvalue weighted by Gasteiger charge is 2.61. The molecule has 1 aliphatic heterocycles. The Labute approximate surface area is 215 Å². The average molecular weight is 494 g/mol. The van der Waals surface area contributed by atoms with Crippen molar-refractivity contribution in [3.63, 3.8) is 0 Å². The van der Waals surface area contributed by atoms with Crippen LogP contribution >= 0.6 is 0 Å². The third-order valence-corrected chi connectivity index (χ3v) is 7.98. The van der Waals surface area contributed by atoms with Crippen molar-refractivity contribution in [2.45, 2.75) is 32.6 Å². The minimum atomic E-state index is -0.624. The summed E-state index contributed by atoms with van der Waals surface area (Å²) in [5.74, 6) is -2.48. The van der Waals surface area contributed by atoms with E-state index in [2.05, 4.69) is 24.3 Å². The summed E-state index contributed by atoms with van der Waals surface area (Å²) in [7, 11) is 0. The van der Waals surface area contributed by atoms with Crippen molar-refractivity contribution in [3.05, 3.63) is 101 Å². The van der Waals surface area contributed by atoms with Crippen molar-refractivity contribution in [3.8, 4) is 0 Å². The molecular formula is C31H27NO5. The smallest absolute Gasteiger partial charge is 0.338 e. The molecule has 7 rings (SSSR count). The van der Waals surface area contributed by atoms with Gasteiger partial charge < -0.3 is 4.74 Å². The molecular weight excluding hydrogens is 466 g/mol. The van der Waals surface area contributed by atoms with Gasteiger partial charge in [-0.1, -0.05) is 69.3 Å². The van der Waals surface area contributed by atoms with Crippen LogP contribution in [0.4, 0.5) is 5.69 Å². The van der Waals surface area contributed by atoms with Gasteiger partial charge in [0.2, 0.25) is 11.8 Å². The molecule has 3 aromatic carbocycles. The number of hydrogen-bond acceptors (Lipinski definition) is 5. The molecule has 0 N–H and O–H groups in total. The van der Waals surface area contributed by atoms with Gasteiger partial charge in [-0.25, -0.2) is 9.69 Å². The van der Waals surface area contributed by atoms with Crippen LogP contribution < -0.4 is 4.90 Å². The Balaban J connectivity index is 1.29. The molecule has 0 radical (unpaired) electrons. The molecule has 0 saturated carbocycles. The van der Waals surface area contributed by atoms with Gasteiger partial charge in [-0.2, -0.15) is 0 Å². The molecule has 1 heterocycles. The number of rotatable bonds is 4. The SMILES string of the molecule is CC(C)(C)C(=O)COC(=O)c1ccc(N2C(=O)C3C4c5ccccc5C(c5ccccc54)C3C2=O)cc1. The fourth-order valence-electron chi connectivity index (χ4n) is 6.11. The Morgan fingerprint density at radius 2 is 1.16 bits per heavy atom. The first-order valence-electron chi connectivity index (χ1n) is 12.5. The van der Waals surface area contributed by atoms with Crippen LogP contribution in [0.2, 0.25) is 0 Å². The molecule has 3 aromatic rings. The number of carbonyl (C=O) groups is 4. The third-order valence-electron chi connectivity index (χ3n) is 7.98. The number of hydrogen-bond donors (Lipinski definition) is 0. The lowest BCUT2D eigenvalue weighted by atomic mass is 9.55. The van der Waals surface area contributed by atoms with Crippen LogP contribution in [0.25, 0.3) is 0 Å². The first-order valence-corrected chi connectivity index (χ1v) is 12.5. The van der Waals surface area contributed by atoms with E-state index in [9.17, 15) is 19.2 Å². The zero-order valence-corrected chi connectivity index (χ0v) is 20.9. The number of benzene rings is 3. The fourth-order valence-corrected chi connectivity index (χ4v) is 6.11. The Bertz CT molecular complexity index is 1350. The molecule has 0 aromatic heterocycles. The zero-order valence-electron chi connectivity index (χ0n) is 20.9. The molecule has 1 fully saturated rings. The van der Waals surface area contributed by atoms with Crippen LogP contribution in [0, 0.1) is 17.3 Å². The largest absolute Gasteiger partial charge is 0.454 e. The van der Waals surface area contributed by atoms with Gasteiger partial charge in [0, 0.05) is 17.3 Å². The molecule has 37 heavy (non-hydrogen) atoms. The maximum atomic E-state index is 13.8. The van der Waals surface area contributed by atoms with Crippen molar-refractivity contribution in [2.75, 3.05) is 11.5 Å². The second kappa shape index (κ2) is 8.23. The molecule has 6 nitrogen and oxygen atoms in total.